The van der Waals surface area contributed by atoms with E-state index < -0.39 is 0 Å². The molecule has 3 heteroatoms. The summed E-state index contributed by atoms with van der Waals surface area (Å²) in [5.41, 5.74) is 4.80. The van der Waals surface area contributed by atoms with E-state index in [0.29, 0.717) is 0 Å². The van der Waals surface area contributed by atoms with Crippen LogP contribution in [0.3, 0.4) is 0 Å². The SMILES string of the molecule is C1=Nc2ccccc2C2(SCCS2)C1(c1ccccc1)c1ccccc1. The molecule has 3 aromatic carbocycles. The minimum absolute atomic E-state index is 0.0892. The Morgan fingerprint density at radius 2 is 1.19 bits per heavy atom. The molecule has 3 aromatic rings. The summed E-state index contributed by atoms with van der Waals surface area (Å²) in [5, 5.41) is 0. The van der Waals surface area contributed by atoms with Gasteiger partial charge in [0.05, 0.1) is 11.1 Å². The highest BCUT2D eigenvalue weighted by Gasteiger charge is 2.58. The van der Waals surface area contributed by atoms with Crippen molar-refractivity contribution in [3.05, 3.63) is 102 Å². The second kappa shape index (κ2) is 6.33. The van der Waals surface area contributed by atoms with Crippen LogP contribution in [-0.4, -0.2) is 17.7 Å². The van der Waals surface area contributed by atoms with Crippen LogP contribution in [0.5, 0.6) is 0 Å². The lowest BCUT2D eigenvalue weighted by atomic mass is 9.69. The Bertz CT molecular complexity index is 905. The molecule has 0 saturated carbocycles. The van der Waals surface area contributed by atoms with Crippen molar-refractivity contribution in [2.24, 2.45) is 4.99 Å². The van der Waals surface area contributed by atoms with Gasteiger partial charge in [0, 0.05) is 23.3 Å². The Morgan fingerprint density at radius 1 is 0.654 bits per heavy atom. The third-order valence-corrected chi connectivity index (χ3v) is 9.01. The van der Waals surface area contributed by atoms with E-state index in [9.17, 15) is 0 Å². The second-order valence-corrected chi connectivity index (χ2v) is 9.51. The van der Waals surface area contributed by atoms with Crippen molar-refractivity contribution in [1.29, 1.82) is 0 Å². The van der Waals surface area contributed by atoms with E-state index in [1.807, 2.05) is 0 Å². The van der Waals surface area contributed by atoms with Gasteiger partial charge < -0.3 is 0 Å². The molecular formula is C23H19NS2. The minimum atomic E-state index is -0.282. The Morgan fingerprint density at radius 3 is 1.81 bits per heavy atom. The Balaban J connectivity index is 1.88. The zero-order valence-electron chi connectivity index (χ0n) is 14.3. The minimum Gasteiger partial charge on any atom is -0.259 e. The number of benzene rings is 3. The Labute approximate surface area is 163 Å². The molecule has 0 aromatic heterocycles. The molecule has 2 aliphatic heterocycles. The summed E-state index contributed by atoms with van der Waals surface area (Å²) in [4.78, 5) is 4.97. The van der Waals surface area contributed by atoms with Gasteiger partial charge >= 0.3 is 0 Å². The largest absolute Gasteiger partial charge is 0.259 e. The van der Waals surface area contributed by atoms with Gasteiger partial charge in [0.1, 0.15) is 4.08 Å². The van der Waals surface area contributed by atoms with Gasteiger partial charge in [0.2, 0.25) is 0 Å². The van der Waals surface area contributed by atoms with Crippen LogP contribution in [0.2, 0.25) is 0 Å². The highest BCUT2D eigenvalue weighted by Crippen LogP contribution is 2.66. The van der Waals surface area contributed by atoms with Crippen LogP contribution in [0.4, 0.5) is 5.69 Å². The Hall–Kier alpha value is -1.97. The molecule has 0 N–H and O–H groups in total. The van der Waals surface area contributed by atoms with E-state index in [-0.39, 0.29) is 9.49 Å². The first-order valence-electron chi connectivity index (χ1n) is 8.90. The number of thioether (sulfide) groups is 2. The van der Waals surface area contributed by atoms with Crippen molar-refractivity contribution in [3.8, 4) is 0 Å². The Kier molecular flexibility index (Phi) is 3.95. The van der Waals surface area contributed by atoms with E-state index in [2.05, 4.69) is 115 Å². The zero-order valence-corrected chi connectivity index (χ0v) is 16.0. The zero-order chi connectivity index (χ0) is 17.5. The average Bonchev–Trinajstić information content (AvgIpc) is 3.21. The van der Waals surface area contributed by atoms with Crippen LogP contribution in [-0.2, 0) is 9.49 Å². The molecule has 0 atom stereocenters. The molecule has 0 bridgehead atoms. The number of para-hydroxylation sites is 1. The predicted molar refractivity (Wildman–Crippen MR) is 115 cm³/mol. The van der Waals surface area contributed by atoms with Gasteiger partial charge in [0.25, 0.3) is 0 Å². The highest BCUT2D eigenvalue weighted by molar-refractivity contribution is 8.20. The summed E-state index contributed by atoms with van der Waals surface area (Å²) >= 11 is 4.15. The molecular weight excluding hydrogens is 354 g/mol. The van der Waals surface area contributed by atoms with Gasteiger partial charge in [-0.15, -0.1) is 23.5 Å². The maximum Gasteiger partial charge on any atom is 0.107 e. The normalized spacial score (nSPS) is 19.4. The predicted octanol–water partition coefficient (Wildman–Crippen LogP) is 6.02. The first-order valence-corrected chi connectivity index (χ1v) is 10.9. The van der Waals surface area contributed by atoms with Gasteiger partial charge in [-0.1, -0.05) is 78.9 Å². The van der Waals surface area contributed by atoms with Gasteiger partial charge in [0.15, 0.2) is 0 Å². The molecule has 5 rings (SSSR count). The number of aliphatic imine (C=N–C) groups is 1. The fourth-order valence-electron chi connectivity index (χ4n) is 4.22. The first-order chi connectivity index (χ1) is 12.9. The van der Waals surface area contributed by atoms with E-state index in [1.165, 1.54) is 16.7 Å². The fraction of sp³-hybridized carbons (Fsp3) is 0.174. The third-order valence-electron chi connectivity index (χ3n) is 5.33. The highest BCUT2D eigenvalue weighted by atomic mass is 32.2. The summed E-state index contributed by atoms with van der Waals surface area (Å²) < 4.78 is -0.0892. The summed E-state index contributed by atoms with van der Waals surface area (Å²) in [5.74, 6) is 2.32. The lowest BCUT2D eigenvalue weighted by Gasteiger charge is -2.48. The fourth-order valence-corrected chi connectivity index (χ4v) is 7.99. The summed E-state index contributed by atoms with van der Waals surface area (Å²) in [6.45, 7) is 0. The van der Waals surface area contributed by atoms with Crippen molar-refractivity contribution in [2.75, 3.05) is 11.5 Å². The van der Waals surface area contributed by atoms with Crippen LogP contribution in [0, 0.1) is 0 Å². The van der Waals surface area contributed by atoms with Crippen LogP contribution >= 0.6 is 23.5 Å². The molecule has 0 aliphatic carbocycles. The van der Waals surface area contributed by atoms with Crippen LogP contribution in [0.15, 0.2) is 89.9 Å². The molecule has 128 valence electrons. The van der Waals surface area contributed by atoms with Gasteiger partial charge in [-0.3, -0.25) is 4.99 Å². The smallest absolute Gasteiger partial charge is 0.107 e. The van der Waals surface area contributed by atoms with Crippen LogP contribution in [0.25, 0.3) is 0 Å². The quantitative estimate of drug-likeness (QED) is 0.544. The molecule has 0 amide bonds. The number of nitrogens with zero attached hydrogens (tertiary/aromatic N) is 1. The third kappa shape index (κ3) is 2.17. The van der Waals surface area contributed by atoms with Crippen LogP contribution in [0.1, 0.15) is 16.7 Å². The second-order valence-electron chi connectivity index (χ2n) is 6.63. The average molecular weight is 374 g/mol. The van der Waals surface area contributed by atoms with Crippen molar-refractivity contribution < 1.29 is 0 Å². The molecule has 1 spiro atoms. The molecule has 0 unspecified atom stereocenters. The van der Waals surface area contributed by atoms with Crippen molar-refractivity contribution in [2.45, 2.75) is 9.49 Å². The molecule has 1 saturated heterocycles. The number of hydrogen-bond acceptors (Lipinski definition) is 3. The van der Waals surface area contributed by atoms with Gasteiger partial charge in [-0.25, -0.2) is 0 Å². The molecule has 2 aliphatic rings. The van der Waals surface area contributed by atoms with E-state index in [4.69, 9.17) is 4.99 Å². The number of rotatable bonds is 2. The summed E-state index contributed by atoms with van der Waals surface area (Å²) in [7, 11) is 0. The lowest BCUT2D eigenvalue weighted by molar-refractivity contribution is 0.630. The number of hydrogen-bond donors (Lipinski definition) is 0. The molecule has 26 heavy (non-hydrogen) atoms. The number of fused-ring (bicyclic) bond motifs is 2. The van der Waals surface area contributed by atoms with E-state index >= 15 is 0 Å². The monoisotopic (exact) mass is 373 g/mol. The molecule has 1 nitrogen and oxygen atoms in total. The van der Waals surface area contributed by atoms with Gasteiger partial charge in [-0.05, 0) is 17.2 Å². The van der Waals surface area contributed by atoms with Gasteiger partial charge in [-0.2, -0.15) is 0 Å². The topological polar surface area (TPSA) is 12.4 Å². The van der Waals surface area contributed by atoms with Crippen molar-refractivity contribution in [3.63, 3.8) is 0 Å². The first kappa shape index (κ1) is 16.2. The molecule has 0 radical (unpaired) electrons. The summed E-state index contributed by atoms with van der Waals surface area (Å²) in [6.07, 6.45) is 2.21. The standard InChI is InChI=1S/C23H19NS2/c1-3-9-18(10-4-1)22(19-11-5-2-6-12-19)17-24-21-14-8-7-13-20(21)23(22)25-15-16-26-23/h1-14,17H,15-16H2. The molecule has 2 heterocycles. The summed E-state index contributed by atoms with van der Waals surface area (Å²) in [6, 6.07) is 30.5. The lowest BCUT2D eigenvalue weighted by Crippen LogP contribution is -2.47. The van der Waals surface area contributed by atoms with Crippen molar-refractivity contribution >= 4 is 35.4 Å². The van der Waals surface area contributed by atoms with E-state index in [1.54, 1.807) is 0 Å². The maximum atomic E-state index is 4.97. The van der Waals surface area contributed by atoms with Crippen LogP contribution < -0.4 is 0 Å². The van der Waals surface area contributed by atoms with Crippen molar-refractivity contribution in [1.82, 2.24) is 0 Å². The molecule has 1 fully saturated rings. The van der Waals surface area contributed by atoms with E-state index in [0.717, 1.165) is 17.2 Å². The maximum absolute atomic E-state index is 4.97.